The van der Waals surface area contributed by atoms with Crippen LogP contribution in [0.2, 0.25) is 0 Å². The molecule has 2 aliphatic rings. The summed E-state index contributed by atoms with van der Waals surface area (Å²) >= 11 is 0. The predicted molar refractivity (Wildman–Crippen MR) is 159 cm³/mol. The Hall–Kier alpha value is -2.14. The average molecular weight is 540 g/mol. The van der Waals surface area contributed by atoms with Gasteiger partial charge in [0, 0.05) is 18.5 Å². The van der Waals surface area contributed by atoms with E-state index in [-0.39, 0.29) is 24.6 Å². The van der Waals surface area contributed by atoms with Crippen LogP contribution >= 0.6 is 0 Å². The summed E-state index contributed by atoms with van der Waals surface area (Å²) in [5.74, 6) is -1.08. The molecule has 0 N–H and O–H groups in total. The highest BCUT2D eigenvalue weighted by molar-refractivity contribution is 5.79. The minimum atomic E-state index is -0.577. The Kier molecular flexibility index (Phi) is 14.7. The normalized spacial score (nSPS) is 21.7. The number of ether oxygens (including phenoxy) is 2. The van der Waals surface area contributed by atoms with Crippen molar-refractivity contribution < 1.29 is 19.1 Å². The highest BCUT2D eigenvalue weighted by atomic mass is 16.6. The number of piperidine rings is 1. The summed E-state index contributed by atoms with van der Waals surface area (Å²) in [4.78, 5) is 28.1. The van der Waals surface area contributed by atoms with E-state index in [1.165, 1.54) is 64.2 Å². The number of nitrogens with zero attached hydrogens (tertiary/aromatic N) is 1. The molecular formula is C34H53NO4. The zero-order chi connectivity index (χ0) is 27.7. The fourth-order valence-corrected chi connectivity index (χ4v) is 6.10. The van der Waals surface area contributed by atoms with Gasteiger partial charge in [0.05, 0.1) is 0 Å². The van der Waals surface area contributed by atoms with Crippen LogP contribution in [-0.4, -0.2) is 48.7 Å². The fraction of sp³-hybridized carbons (Fsp3) is 0.706. The number of benzene rings is 1. The van der Waals surface area contributed by atoms with Gasteiger partial charge in [-0.3, -0.25) is 9.59 Å². The molecule has 218 valence electrons. The molecule has 0 saturated carbocycles. The van der Waals surface area contributed by atoms with Gasteiger partial charge in [-0.2, -0.15) is 0 Å². The summed E-state index contributed by atoms with van der Waals surface area (Å²) in [6.45, 7) is 2.30. The first-order valence-corrected chi connectivity index (χ1v) is 15.9. The molecule has 0 radical (unpaired) electrons. The molecule has 3 rings (SSSR count). The second-order valence-electron chi connectivity index (χ2n) is 11.7. The molecule has 2 bridgehead atoms. The minimum absolute atomic E-state index is 0.0413. The van der Waals surface area contributed by atoms with Gasteiger partial charge in [0.25, 0.3) is 0 Å². The SMILES string of the molecule is CCCCCCCCCC/C=C\CCCCC(=O)OCC(C(=O)OC1C[C@H]2CC[C@@H](C1)N2C)c1ccccc1. The van der Waals surface area contributed by atoms with Crippen molar-refractivity contribution in [2.45, 2.75) is 140 Å². The summed E-state index contributed by atoms with van der Waals surface area (Å²) in [7, 11) is 2.18. The molecule has 5 heteroatoms. The number of allylic oxidation sites excluding steroid dienone is 2. The topological polar surface area (TPSA) is 55.8 Å². The highest BCUT2D eigenvalue weighted by Crippen LogP contribution is 2.36. The van der Waals surface area contributed by atoms with Crippen LogP contribution in [0.3, 0.4) is 0 Å². The molecule has 39 heavy (non-hydrogen) atoms. The van der Waals surface area contributed by atoms with Crippen LogP contribution in [0.1, 0.15) is 128 Å². The molecule has 1 aromatic carbocycles. The van der Waals surface area contributed by atoms with Crippen LogP contribution < -0.4 is 0 Å². The van der Waals surface area contributed by atoms with Gasteiger partial charge >= 0.3 is 11.9 Å². The zero-order valence-corrected chi connectivity index (χ0v) is 24.7. The van der Waals surface area contributed by atoms with Crippen molar-refractivity contribution in [2.24, 2.45) is 0 Å². The highest BCUT2D eigenvalue weighted by Gasteiger charge is 2.40. The van der Waals surface area contributed by atoms with E-state index >= 15 is 0 Å². The van der Waals surface area contributed by atoms with Gasteiger partial charge in [-0.15, -0.1) is 0 Å². The second-order valence-corrected chi connectivity index (χ2v) is 11.7. The van der Waals surface area contributed by atoms with Crippen molar-refractivity contribution in [1.82, 2.24) is 4.90 Å². The predicted octanol–water partition coefficient (Wildman–Crippen LogP) is 8.13. The number of rotatable bonds is 19. The lowest BCUT2D eigenvalue weighted by atomic mass is 9.98. The molecule has 2 unspecified atom stereocenters. The van der Waals surface area contributed by atoms with Crippen LogP contribution in [0.5, 0.6) is 0 Å². The summed E-state index contributed by atoms with van der Waals surface area (Å²) in [6, 6.07) is 10.6. The van der Waals surface area contributed by atoms with E-state index in [0.717, 1.165) is 44.1 Å². The Morgan fingerprint density at radius 2 is 1.46 bits per heavy atom. The maximum absolute atomic E-state index is 13.2. The number of fused-ring (bicyclic) bond motifs is 2. The van der Waals surface area contributed by atoms with E-state index in [2.05, 4.69) is 31.0 Å². The first-order valence-electron chi connectivity index (χ1n) is 15.9. The van der Waals surface area contributed by atoms with Crippen molar-refractivity contribution in [3.8, 4) is 0 Å². The van der Waals surface area contributed by atoms with Gasteiger partial charge in [-0.1, -0.05) is 94.4 Å². The van der Waals surface area contributed by atoms with Gasteiger partial charge in [0.1, 0.15) is 18.6 Å². The zero-order valence-electron chi connectivity index (χ0n) is 24.7. The van der Waals surface area contributed by atoms with Gasteiger partial charge in [0.15, 0.2) is 0 Å². The first-order chi connectivity index (χ1) is 19.1. The summed E-state index contributed by atoms with van der Waals surface area (Å²) < 4.78 is 11.6. The lowest BCUT2D eigenvalue weighted by Crippen LogP contribution is -2.44. The molecule has 2 fully saturated rings. The smallest absolute Gasteiger partial charge is 0.317 e. The maximum Gasteiger partial charge on any atom is 0.317 e. The molecule has 2 saturated heterocycles. The number of hydrogen-bond donors (Lipinski definition) is 0. The maximum atomic E-state index is 13.2. The Balaban J connectivity index is 1.29. The molecule has 0 aromatic heterocycles. The van der Waals surface area contributed by atoms with E-state index in [1.807, 2.05) is 30.3 Å². The monoisotopic (exact) mass is 539 g/mol. The number of carbonyl (C=O) groups excluding carboxylic acids is 2. The van der Waals surface area contributed by atoms with Crippen LogP contribution in [0, 0.1) is 0 Å². The quantitative estimate of drug-likeness (QED) is 0.101. The molecular weight excluding hydrogens is 486 g/mol. The lowest BCUT2D eigenvalue weighted by molar-refractivity contribution is -0.158. The van der Waals surface area contributed by atoms with Crippen molar-refractivity contribution in [1.29, 1.82) is 0 Å². The Bertz CT molecular complexity index is 840. The van der Waals surface area contributed by atoms with E-state index in [0.29, 0.717) is 18.5 Å². The third-order valence-electron chi connectivity index (χ3n) is 8.63. The number of hydrogen-bond acceptors (Lipinski definition) is 5. The lowest BCUT2D eigenvalue weighted by Gasteiger charge is -2.36. The third kappa shape index (κ3) is 11.5. The molecule has 2 heterocycles. The molecule has 4 atom stereocenters. The van der Waals surface area contributed by atoms with Gasteiger partial charge in [0.2, 0.25) is 0 Å². The summed E-state index contributed by atoms with van der Waals surface area (Å²) in [6.07, 6.45) is 23.8. The minimum Gasteiger partial charge on any atom is -0.464 e. The third-order valence-corrected chi connectivity index (χ3v) is 8.63. The fourth-order valence-electron chi connectivity index (χ4n) is 6.10. The molecule has 1 aromatic rings. The van der Waals surface area contributed by atoms with Crippen LogP contribution in [0.25, 0.3) is 0 Å². The number of carbonyl (C=O) groups is 2. The van der Waals surface area contributed by atoms with Crippen molar-refractivity contribution in [2.75, 3.05) is 13.7 Å². The Morgan fingerprint density at radius 1 is 0.872 bits per heavy atom. The van der Waals surface area contributed by atoms with E-state index in [1.54, 1.807) is 0 Å². The molecule has 2 aliphatic heterocycles. The molecule has 0 amide bonds. The number of unbranched alkanes of at least 4 members (excludes halogenated alkanes) is 10. The number of esters is 2. The van der Waals surface area contributed by atoms with Gasteiger partial charge < -0.3 is 14.4 Å². The summed E-state index contributed by atoms with van der Waals surface area (Å²) in [5, 5.41) is 0. The summed E-state index contributed by atoms with van der Waals surface area (Å²) in [5.41, 5.74) is 0.841. The van der Waals surface area contributed by atoms with Crippen molar-refractivity contribution >= 4 is 11.9 Å². The Morgan fingerprint density at radius 3 is 2.10 bits per heavy atom. The van der Waals surface area contributed by atoms with E-state index < -0.39 is 5.92 Å². The van der Waals surface area contributed by atoms with Crippen LogP contribution in [0.15, 0.2) is 42.5 Å². The standard InChI is InChI=1S/C34H53NO4/c1-3-4-5-6-7-8-9-10-11-12-13-14-15-19-22-33(36)38-27-32(28-20-17-16-18-21-28)34(37)39-31-25-29-23-24-30(26-31)35(29)2/h12-13,16-18,20-21,29-32H,3-11,14-15,19,22-27H2,1-2H3/b13-12-/t29-,30+,31?,32?. The molecule has 5 nitrogen and oxygen atoms in total. The van der Waals surface area contributed by atoms with Gasteiger partial charge in [-0.05, 0) is 70.4 Å². The Labute approximate surface area is 237 Å². The molecule has 0 aliphatic carbocycles. The first kappa shape index (κ1) is 31.4. The van der Waals surface area contributed by atoms with E-state index in [9.17, 15) is 9.59 Å². The van der Waals surface area contributed by atoms with E-state index in [4.69, 9.17) is 9.47 Å². The second kappa shape index (κ2) is 18.3. The van der Waals surface area contributed by atoms with Crippen LogP contribution in [-0.2, 0) is 19.1 Å². The molecule has 0 spiro atoms. The average Bonchev–Trinajstić information content (AvgIpc) is 3.13. The van der Waals surface area contributed by atoms with Crippen molar-refractivity contribution in [3.05, 3.63) is 48.0 Å². The van der Waals surface area contributed by atoms with Crippen LogP contribution in [0.4, 0.5) is 0 Å². The largest absolute Gasteiger partial charge is 0.464 e. The van der Waals surface area contributed by atoms with Crippen molar-refractivity contribution in [3.63, 3.8) is 0 Å². The van der Waals surface area contributed by atoms with Gasteiger partial charge in [-0.25, -0.2) is 0 Å².